The van der Waals surface area contributed by atoms with Gasteiger partial charge < -0.3 is 25.4 Å². The van der Waals surface area contributed by atoms with Crippen LogP contribution in [-0.2, 0) is 14.4 Å². The van der Waals surface area contributed by atoms with Gasteiger partial charge in [-0.05, 0) is 68.8 Å². The zero-order valence-corrected chi connectivity index (χ0v) is 19.6. The van der Waals surface area contributed by atoms with Crippen molar-refractivity contribution in [3.05, 3.63) is 29.8 Å². The number of nitrogens with one attached hydrogen (secondary N) is 2. The van der Waals surface area contributed by atoms with E-state index in [-0.39, 0.29) is 30.8 Å². The molecule has 0 aromatic heterocycles. The Morgan fingerprint density at radius 1 is 1.18 bits per heavy atom. The molecule has 2 aliphatic heterocycles. The first kappa shape index (κ1) is 25.9. The fourth-order valence-electron chi connectivity index (χ4n) is 4.74. The van der Waals surface area contributed by atoms with Crippen molar-refractivity contribution in [3.63, 3.8) is 0 Å². The lowest BCUT2D eigenvalue weighted by atomic mass is 9.92. The van der Waals surface area contributed by atoms with Crippen molar-refractivity contribution in [2.45, 2.75) is 51.0 Å². The number of halogens is 1. The number of rotatable bonds is 11. The summed E-state index contributed by atoms with van der Waals surface area (Å²) in [5.74, 6) is -0.462. The molecule has 2 fully saturated rings. The molecule has 34 heavy (non-hydrogen) atoms. The number of piperidine rings is 2. The van der Waals surface area contributed by atoms with E-state index in [1.165, 1.54) is 0 Å². The van der Waals surface area contributed by atoms with Crippen molar-refractivity contribution >= 4 is 17.8 Å². The lowest BCUT2D eigenvalue weighted by Crippen LogP contribution is -2.46. The molecule has 8 nitrogen and oxygen atoms in total. The van der Waals surface area contributed by atoms with Gasteiger partial charge in [0.25, 0.3) is 0 Å². The first-order chi connectivity index (χ1) is 16.5. The molecular formula is C25H36FN3O5. The van der Waals surface area contributed by atoms with Gasteiger partial charge in [0.2, 0.25) is 11.8 Å². The van der Waals surface area contributed by atoms with E-state index in [0.717, 1.165) is 38.8 Å². The van der Waals surface area contributed by atoms with Crippen molar-refractivity contribution < 1.29 is 28.6 Å². The van der Waals surface area contributed by atoms with Crippen LogP contribution in [0.5, 0.6) is 5.75 Å². The molecule has 1 aromatic rings. The number of benzene rings is 1. The summed E-state index contributed by atoms with van der Waals surface area (Å²) in [5.41, 5.74) is 0.633. The topological polar surface area (TPSA) is 108 Å². The number of carboxylic acid groups (broad SMARTS) is 1. The highest BCUT2D eigenvalue weighted by Crippen LogP contribution is 2.24. The second kappa shape index (κ2) is 13.3. The van der Waals surface area contributed by atoms with Crippen LogP contribution in [0.15, 0.2) is 24.3 Å². The largest absolute Gasteiger partial charge is 0.491 e. The van der Waals surface area contributed by atoms with Crippen molar-refractivity contribution in [1.29, 1.82) is 0 Å². The molecule has 188 valence electrons. The minimum atomic E-state index is -1.03. The summed E-state index contributed by atoms with van der Waals surface area (Å²) < 4.78 is 17.5. The molecule has 0 unspecified atom stereocenters. The first-order valence-corrected chi connectivity index (χ1v) is 12.3. The van der Waals surface area contributed by atoms with Gasteiger partial charge in [-0.15, -0.1) is 0 Å². The maximum Gasteiger partial charge on any atom is 0.305 e. The molecule has 0 bridgehead atoms. The monoisotopic (exact) mass is 476 g/mol. The second-order valence-corrected chi connectivity index (χ2v) is 9.18. The van der Waals surface area contributed by atoms with E-state index in [1.807, 2.05) is 0 Å². The summed E-state index contributed by atoms with van der Waals surface area (Å²) in [6, 6.07) is 5.93. The molecule has 3 N–H and O–H groups in total. The smallest absolute Gasteiger partial charge is 0.305 e. The molecule has 2 heterocycles. The van der Waals surface area contributed by atoms with Gasteiger partial charge in [0.05, 0.1) is 18.4 Å². The van der Waals surface area contributed by atoms with E-state index in [4.69, 9.17) is 4.74 Å². The highest BCUT2D eigenvalue weighted by atomic mass is 18.2. The molecule has 2 atom stereocenters. The Kier molecular flexibility index (Phi) is 10.1. The molecule has 2 saturated heterocycles. The number of carbonyl (C=O) groups excluding carboxylic acids is 2. The van der Waals surface area contributed by atoms with Gasteiger partial charge in [-0.3, -0.25) is 14.4 Å². The standard InChI is InChI=1S/C25H36FN3O5/c26-11-15-34-21-6-4-19(5-7-21)22(16-24(31)32)28-25(33)20-2-1-14-29(17-20)23(30)8-3-18-9-12-27-13-10-18/h4-7,18,20,22,27H,1-3,8-17H2,(H,28,33)(H,31,32)/t20-,22+/m1/s1/i26-1. The van der Waals surface area contributed by atoms with Crippen molar-refractivity contribution in [2.75, 3.05) is 39.5 Å². The van der Waals surface area contributed by atoms with Crippen LogP contribution in [0.2, 0.25) is 0 Å². The lowest BCUT2D eigenvalue weighted by molar-refractivity contribution is -0.138. The maximum absolute atomic E-state index is 13.0. The molecule has 2 amide bonds. The normalized spacial score (nSPS) is 19.9. The van der Waals surface area contributed by atoms with Crippen LogP contribution < -0.4 is 15.4 Å². The highest BCUT2D eigenvalue weighted by molar-refractivity contribution is 5.82. The predicted octanol–water partition coefficient (Wildman–Crippen LogP) is 2.69. The minimum Gasteiger partial charge on any atom is -0.491 e. The molecule has 0 aliphatic carbocycles. The number of carbonyl (C=O) groups is 3. The Morgan fingerprint density at radius 2 is 1.91 bits per heavy atom. The van der Waals surface area contributed by atoms with Gasteiger partial charge in [0.15, 0.2) is 0 Å². The van der Waals surface area contributed by atoms with Crippen LogP contribution >= 0.6 is 0 Å². The first-order valence-electron chi connectivity index (χ1n) is 12.3. The van der Waals surface area contributed by atoms with Crippen LogP contribution in [0.1, 0.15) is 56.6 Å². The van der Waals surface area contributed by atoms with Gasteiger partial charge >= 0.3 is 5.97 Å². The maximum atomic E-state index is 13.0. The van der Waals surface area contributed by atoms with Gasteiger partial charge in [0, 0.05) is 19.5 Å². The molecule has 0 saturated carbocycles. The molecular weight excluding hydrogens is 440 g/mol. The van der Waals surface area contributed by atoms with Crippen molar-refractivity contribution in [2.24, 2.45) is 11.8 Å². The average molecular weight is 477 g/mol. The number of ether oxygens (including phenoxy) is 1. The Balaban J connectivity index is 1.55. The van der Waals surface area contributed by atoms with E-state index in [1.54, 1.807) is 29.2 Å². The Labute approximate surface area is 200 Å². The molecule has 9 heteroatoms. The predicted molar refractivity (Wildman–Crippen MR) is 125 cm³/mol. The van der Waals surface area contributed by atoms with E-state index in [0.29, 0.717) is 43.2 Å². The molecule has 0 radical (unpaired) electrons. The lowest BCUT2D eigenvalue weighted by Gasteiger charge is -2.33. The van der Waals surface area contributed by atoms with E-state index in [9.17, 15) is 23.9 Å². The third-order valence-corrected chi connectivity index (χ3v) is 6.69. The summed E-state index contributed by atoms with van der Waals surface area (Å²) in [5, 5.41) is 15.6. The van der Waals surface area contributed by atoms with Crippen LogP contribution in [0.4, 0.5) is 4.39 Å². The highest BCUT2D eigenvalue weighted by Gasteiger charge is 2.30. The number of hydrogen-bond donors (Lipinski definition) is 3. The van der Waals surface area contributed by atoms with Crippen molar-refractivity contribution in [3.8, 4) is 5.75 Å². The SMILES string of the molecule is O=C(O)C[C@H](NC(=O)[C@@H]1CCCN(C(=O)CCC2CCNCC2)C1)c1ccc(OCC[18F])cc1. The summed E-state index contributed by atoms with van der Waals surface area (Å²) >= 11 is 0. The average Bonchev–Trinajstić information content (AvgIpc) is 2.86. The Bertz CT molecular complexity index is 813. The molecule has 1 aromatic carbocycles. The van der Waals surface area contributed by atoms with E-state index in [2.05, 4.69) is 10.6 Å². The Morgan fingerprint density at radius 3 is 2.59 bits per heavy atom. The van der Waals surface area contributed by atoms with E-state index < -0.39 is 18.7 Å². The summed E-state index contributed by atoms with van der Waals surface area (Å²) in [4.78, 5) is 39.0. The zero-order valence-electron chi connectivity index (χ0n) is 19.6. The minimum absolute atomic E-state index is 0.0522. The molecule has 3 rings (SSSR count). The summed E-state index contributed by atoms with van der Waals surface area (Å²) in [6.07, 6.45) is 4.76. The van der Waals surface area contributed by atoms with Gasteiger partial charge in [-0.1, -0.05) is 12.1 Å². The third kappa shape index (κ3) is 7.97. The van der Waals surface area contributed by atoms with Crippen molar-refractivity contribution in [1.82, 2.24) is 15.5 Å². The summed E-state index contributed by atoms with van der Waals surface area (Å²) in [6.45, 7) is 2.40. The number of nitrogens with zero attached hydrogens (tertiary/aromatic N) is 1. The number of aliphatic carboxylic acids is 1. The number of carboxylic acids is 1. The van der Waals surface area contributed by atoms with Crippen LogP contribution in [0.3, 0.4) is 0 Å². The van der Waals surface area contributed by atoms with Crippen LogP contribution in [0.25, 0.3) is 0 Å². The zero-order chi connectivity index (χ0) is 24.3. The van der Waals surface area contributed by atoms with Crippen LogP contribution in [0, 0.1) is 11.8 Å². The number of alkyl halides is 1. The third-order valence-electron chi connectivity index (χ3n) is 6.69. The fraction of sp³-hybridized carbons (Fsp3) is 0.640. The molecule has 0 spiro atoms. The van der Waals surface area contributed by atoms with Crippen LogP contribution in [-0.4, -0.2) is 67.3 Å². The number of hydrogen-bond acceptors (Lipinski definition) is 5. The van der Waals surface area contributed by atoms with E-state index >= 15 is 0 Å². The van der Waals surface area contributed by atoms with Gasteiger partial charge in [-0.2, -0.15) is 0 Å². The summed E-state index contributed by atoms with van der Waals surface area (Å²) in [7, 11) is 0. The second-order valence-electron chi connectivity index (χ2n) is 9.18. The Hall–Kier alpha value is -2.68. The van der Waals surface area contributed by atoms with Gasteiger partial charge in [-0.25, -0.2) is 4.39 Å². The fourth-order valence-corrected chi connectivity index (χ4v) is 4.74. The number of likely N-dealkylation sites (tertiary alicyclic amines) is 1. The number of amides is 2. The van der Waals surface area contributed by atoms with Gasteiger partial charge in [0.1, 0.15) is 19.0 Å². The quantitative estimate of drug-likeness (QED) is 0.453. The molecule has 2 aliphatic rings.